The number of ether oxygens (including phenoxy) is 1. The van der Waals surface area contributed by atoms with Gasteiger partial charge in [0, 0.05) is 39.9 Å². The van der Waals surface area contributed by atoms with Crippen LogP contribution in [0.5, 0.6) is 0 Å². The maximum absolute atomic E-state index is 12.3. The van der Waals surface area contributed by atoms with Crippen LogP contribution in [0.2, 0.25) is 0 Å². The zero-order valence-electron chi connectivity index (χ0n) is 13.8. The predicted molar refractivity (Wildman–Crippen MR) is 96.5 cm³/mol. The summed E-state index contributed by atoms with van der Waals surface area (Å²) >= 11 is 0. The van der Waals surface area contributed by atoms with Crippen LogP contribution in [-0.4, -0.2) is 70.0 Å². The topological polar surface area (TPSA) is 48.9 Å². The van der Waals surface area contributed by atoms with Crippen molar-refractivity contribution in [1.82, 2.24) is 15.5 Å². The molecule has 1 rings (SSSR count). The molecular weight excluding hydrogens is 424 g/mol. The van der Waals surface area contributed by atoms with Gasteiger partial charge in [0.05, 0.1) is 6.54 Å². The zero-order chi connectivity index (χ0) is 16.4. The minimum Gasteiger partial charge on any atom is -0.382 e. The summed E-state index contributed by atoms with van der Waals surface area (Å²) in [5.74, 6) is 0.912. The molecule has 0 aromatic heterocycles. The smallest absolute Gasteiger partial charge is 0.382 e. The molecule has 1 atom stereocenters. The van der Waals surface area contributed by atoms with E-state index in [1.165, 1.54) is 4.90 Å². The lowest BCUT2D eigenvalue weighted by Gasteiger charge is -2.18. The standard InChI is InChI=1S/C14H27F3N4O.HI/c1-3-22-8-4-6-19-13(18-2)20-9-12-5-7-21(10-12)11-14(15,16)17;/h12H,3-11H2,1-2H3,(H2,18,19,20);1H. The largest absolute Gasteiger partial charge is 0.401 e. The van der Waals surface area contributed by atoms with Crippen molar-refractivity contribution >= 4 is 29.9 Å². The number of aliphatic imine (C=N–C) groups is 1. The molecule has 23 heavy (non-hydrogen) atoms. The Balaban J connectivity index is 0.00000484. The number of hydrogen-bond donors (Lipinski definition) is 2. The van der Waals surface area contributed by atoms with Crippen LogP contribution >= 0.6 is 24.0 Å². The Labute approximate surface area is 153 Å². The van der Waals surface area contributed by atoms with Gasteiger partial charge < -0.3 is 15.4 Å². The molecule has 2 N–H and O–H groups in total. The molecule has 0 amide bonds. The summed E-state index contributed by atoms with van der Waals surface area (Å²) in [6, 6.07) is 0. The second kappa shape index (κ2) is 12.1. The van der Waals surface area contributed by atoms with E-state index in [2.05, 4.69) is 15.6 Å². The number of likely N-dealkylation sites (tertiary alicyclic amines) is 1. The molecule has 0 aliphatic carbocycles. The van der Waals surface area contributed by atoms with Gasteiger partial charge in [-0.2, -0.15) is 13.2 Å². The monoisotopic (exact) mass is 452 g/mol. The number of halogens is 4. The van der Waals surface area contributed by atoms with Crippen LogP contribution in [-0.2, 0) is 4.74 Å². The molecule has 0 radical (unpaired) electrons. The molecule has 0 bridgehead atoms. The molecule has 5 nitrogen and oxygen atoms in total. The number of guanidine groups is 1. The molecule has 9 heteroatoms. The fourth-order valence-electron chi connectivity index (χ4n) is 2.46. The van der Waals surface area contributed by atoms with Gasteiger partial charge in [-0.1, -0.05) is 0 Å². The van der Waals surface area contributed by atoms with Crippen LogP contribution in [0, 0.1) is 5.92 Å². The molecule has 0 aromatic carbocycles. The fourth-order valence-corrected chi connectivity index (χ4v) is 2.46. The Kier molecular flexibility index (Phi) is 12.0. The van der Waals surface area contributed by atoms with Gasteiger partial charge in [0.25, 0.3) is 0 Å². The van der Waals surface area contributed by atoms with E-state index in [0.29, 0.717) is 38.8 Å². The van der Waals surface area contributed by atoms with Crippen molar-refractivity contribution in [1.29, 1.82) is 0 Å². The molecule has 1 aliphatic heterocycles. The average molecular weight is 452 g/mol. The first-order valence-electron chi connectivity index (χ1n) is 7.76. The number of rotatable bonds is 8. The normalized spacial score (nSPS) is 19.5. The first-order valence-corrected chi connectivity index (χ1v) is 7.76. The van der Waals surface area contributed by atoms with Gasteiger partial charge in [0.1, 0.15) is 0 Å². The highest BCUT2D eigenvalue weighted by atomic mass is 127. The first kappa shape index (κ1) is 22.7. The van der Waals surface area contributed by atoms with Gasteiger partial charge in [-0.15, -0.1) is 24.0 Å². The maximum atomic E-state index is 12.3. The van der Waals surface area contributed by atoms with E-state index in [9.17, 15) is 13.2 Å². The van der Waals surface area contributed by atoms with Crippen molar-refractivity contribution in [2.75, 3.05) is 53.0 Å². The Morgan fingerprint density at radius 2 is 2.09 bits per heavy atom. The minimum atomic E-state index is -4.11. The van der Waals surface area contributed by atoms with E-state index < -0.39 is 12.7 Å². The van der Waals surface area contributed by atoms with E-state index in [1.54, 1.807) is 7.05 Å². The summed E-state index contributed by atoms with van der Waals surface area (Å²) in [6.07, 6.45) is -2.44. The van der Waals surface area contributed by atoms with E-state index >= 15 is 0 Å². The third kappa shape index (κ3) is 11.0. The Bertz CT molecular complexity index is 342. The van der Waals surface area contributed by atoms with Crippen molar-refractivity contribution < 1.29 is 17.9 Å². The van der Waals surface area contributed by atoms with Crippen molar-refractivity contribution in [3.63, 3.8) is 0 Å². The van der Waals surface area contributed by atoms with E-state index in [0.717, 1.165) is 19.4 Å². The van der Waals surface area contributed by atoms with Crippen LogP contribution in [0.3, 0.4) is 0 Å². The van der Waals surface area contributed by atoms with Crippen LogP contribution in [0.15, 0.2) is 4.99 Å². The third-order valence-electron chi connectivity index (χ3n) is 3.52. The Morgan fingerprint density at radius 3 is 2.70 bits per heavy atom. The average Bonchev–Trinajstić information content (AvgIpc) is 2.87. The second-order valence-corrected chi connectivity index (χ2v) is 5.44. The molecule has 1 unspecified atom stereocenters. The number of nitrogens with zero attached hydrogens (tertiary/aromatic N) is 2. The quantitative estimate of drug-likeness (QED) is 0.256. The maximum Gasteiger partial charge on any atom is 0.401 e. The van der Waals surface area contributed by atoms with E-state index in [1.807, 2.05) is 6.92 Å². The SMILES string of the molecule is CCOCCCNC(=NC)NCC1CCN(CC(F)(F)F)C1.I. The van der Waals surface area contributed by atoms with E-state index in [4.69, 9.17) is 4.74 Å². The summed E-state index contributed by atoms with van der Waals surface area (Å²) < 4.78 is 42.2. The molecule has 0 spiro atoms. The second-order valence-electron chi connectivity index (χ2n) is 5.44. The minimum absolute atomic E-state index is 0. The lowest BCUT2D eigenvalue weighted by Crippen LogP contribution is -2.41. The lowest BCUT2D eigenvalue weighted by atomic mass is 10.1. The highest BCUT2D eigenvalue weighted by Gasteiger charge is 2.34. The van der Waals surface area contributed by atoms with Gasteiger partial charge in [-0.05, 0) is 32.2 Å². The van der Waals surface area contributed by atoms with Gasteiger partial charge in [-0.25, -0.2) is 0 Å². The number of alkyl halides is 3. The molecule has 138 valence electrons. The van der Waals surface area contributed by atoms with Gasteiger partial charge in [-0.3, -0.25) is 9.89 Å². The fraction of sp³-hybridized carbons (Fsp3) is 0.929. The highest BCUT2D eigenvalue weighted by Crippen LogP contribution is 2.22. The third-order valence-corrected chi connectivity index (χ3v) is 3.52. The zero-order valence-corrected chi connectivity index (χ0v) is 16.1. The summed E-state index contributed by atoms with van der Waals surface area (Å²) in [5, 5.41) is 6.34. The molecule has 1 aliphatic rings. The molecule has 1 heterocycles. The summed E-state index contributed by atoms with van der Waals surface area (Å²) in [5.41, 5.74) is 0. The molecule has 1 fully saturated rings. The number of hydrogen-bond acceptors (Lipinski definition) is 3. The molecule has 0 saturated carbocycles. The Morgan fingerprint density at radius 1 is 1.35 bits per heavy atom. The van der Waals surface area contributed by atoms with Crippen molar-refractivity contribution in [3.8, 4) is 0 Å². The van der Waals surface area contributed by atoms with E-state index in [-0.39, 0.29) is 29.9 Å². The van der Waals surface area contributed by atoms with Crippen molar-refractivity contribution in [3.05, 3.63) is 0 Å². The van der Waals surface area contributed by atoms with Gasteiger partial charge in [0.15, 0.2) is 5.96 Å². The summed E-state index contributed by atoms with van der Waals surface area (Å²) in [4.78, 5) is 5.57. The van der Waals surface area contributed by atoms with Crippen LogP contribution in [0.1, 0.15) is 19.8 Å². The molecular formula is C14H28F3IN4O. The van der Waals surface area contributed by atoms with Crippen LogP contribution in [0.25, 0.3) is 0 Å². The van der Waals surface area contributed by atoms with Crippen LogP contribution in [0.4, 0.5) is 13.2 Å². The first-order chi connectivity index (χ1) is 10.4. The summed E-state index contributed by atoms with van der Waals surface area (Å²) in [6.45, 7) is 4.94. The van der Waals surface area contributed by atoms with Crippen molar-refractivity contribution in [2.45, 2.75) is 25.9 Å². The van der Waals surface area contributed by atoms with Crippen LogP contribution < -0.4 is 10.6 Å². The van der Waals surface area contributed by atoms with Crippen molar-refractivity contribution in [2.24, 2.45) is 10.9 Å². The highest BCUT2D eigenvalue weighted by molar-refractivity contribution is 14.0. The summed E-state index contributed by atoms with van der Waals surface area (Å²) in [7, 11) is 1.68. The van der Waals surface area contributed by atoms with Gasteiger partial charge >= 0.3 is 6.18 Å². The molecule has 1 saturated heterocycles. The Hall–Kier alpha value is -0.290. The van der Waals surface area contributed by atoms with Gasteiger partial charge in [0.2, 0.25) is 0 Å². The predicted octanol–water partition coefficient (Wildman–Crippen LogP) is 2.08. The lowest BCUT2D eigenvalue weighted by molar-refractivity contribution is -0.143. The number of nitrogens with one attached hydrogen (secondary N) is 2. The molecule has 0 aromatic rings.